The van der Waals surface area contributed by atoms with E-state index in [0.717, 1.165) is 5.56 Å². The minimum absolute atomic E-state index is 0.124. The van der Waals surface area contributed by atoms with Crippen molar-refractivity contribution >= 4 is 17.7 Å². The van der Waals surface area contributed by atoms with Crippen LogP contribution >= 0.6 is 0 Å². The molecule has 0 aliphatic carbocycles. The van der Waals surface area contributed by atoms with Crippen molar-refractivity contribution in [3.63, 3.8) is 0 Å². The maximum absolute atomic E-state index is 12.8. The number of morpholine rings is 1. The van der Waals surface area contributed by atoms with Gasteiger partial charge >= 0.3 is 0 Å². The van der Waals surface area contributed by atoms with Crippen molar-refractivity contribution in [3.8, 4) is 0 Å². The molecular formula is C17H23N3O4. The summed E-state index contributed by atoms with van der Waals surface area (Å²) in [6.45, 7) is 3.68. The fraction of sp³-hybridized carbons (Fsp3) is 0.471. The molecule has 0 saturated carbocycles. The Morgan fingerprint density at radius 2 is 1.83 bits per heavy atom. The van der Waals surface area contributed by atoms with Crippen molar-refractivity contribution < 1.29 is 19.1 Å². The number of hydrogen-bond donors (Lipinski definition) is 2. The van der Waals surface area contributed by atoms with Gasteiger partial charge in [-0.15, -0.1) is 0 Å². The molecule has 0 bridgehead atoms. The van der Waals surface area contributed by atoms with Gasteiger partial charge in [-0.3, -0.25) is 14.4 Å². The summed E-state index contributed by atoms with van der Waals surface area (Å²) in [6, 6.07) is 8.43. The lowest BCUT2D eigenvalue weighted by molar-refractivity contribution is -0.140. The van der Waals surface area contributed by atoms with Crippen molar-refractivity contribution in [1.29, 1.82) is 0 Å². The second kappa shape index (κ2) is 9.02. The summed E-state index contributed by atoms with van der Waals surface area (Å²) in [5, 5.41) is 5.35. The Morgan fingerprint density at radius 1 is 1.17 bits per heavy atom. The lowest BCUT2D eigenvalue weighted by atomic mass is 10.0. The first kappa shape index (κ1) is 17.9. The van der Waals surface area contributed by atoms with Crippen LogP contribution in [0.5, 0.6) is 0 Å². The van der Waals surface area contributed by atoms with E-state index < -0.39 is 6.04 Å². The molecule has 1 aliphatic rings. The first-order valence-corrected chi connectivity index (χ1v) is 8.03. The lowest BCUT2D eigenvalue weighted by Gasteiger charge is -2.31. The van der Waals surface area contributed by atoms with E-state index in [0.29, 0.717) is 26.3 Å². The zero-order valence-corrected chi connectivity index (χ0v) is 13.8. The molecular weight excluding hydrogens is 310 g/mol. The van der Waals surface area contributed by atoms with E-state index in [4.69, 9.17) is 4.74 Å². The standard InChI is InChI=1S/C17H23N3O4/c1-13(21)18-8-7-15(22)19-16(14-5-3-2-4-6-14)17(23)20-9-11-24-12-10-20/h2-6,16H,7-12H2,1H3,(H,18,21)(H,19,22). The summed E-state index contributed by atoms with van der Waals surface area (Å²) in [7, 11) is 0. The van der Waals surface area contributed by atoms with Crippen LogP contribution < -0.4 is 10.6 Å². The highest BCUT2D eigenvalue weighted by atomic mass is 16.5. The zero-order chi connectivity index (χ0) is 17.4. The third kappa shape index (κ3) is 5.34. The van der Waals surface area contributed by atoms with E-state index in [2.05, 4.69) is 10.6 Å². The Balaban J connectivity index is 2.04. The Labute approximate surface area is 141 Å². The van der Waals surface area contributed by atoms with Crippen LogP contribution in [0.15, 0.2) is 30.3 Å². The monoisotopic (exact) mass is 333 g/mol. The van der Waals surface area contributed by atoms with Gasteiger partial charge in [-0.1, -0.05) is 30.3 Å². The molecule has 24 heavy (non-hydrogen) atoms. The van der Waals surface area contributed by atoms with Crippen LogP contribution in [-0.2, 0) is 19.1 Å². The number of hydrogen-bond acceptors (Lipinski definition) is 4. The van der Waals surface area contributed by atoms with Gasteiger partial charge in [0.2, 0.25) is 17.7 Å². The minimum Gasteiger partial charge on any atom is -0.378 e. The van der Waals surface area contributed by atoms with Crippen molar-refractivity contribution in [3.05, 3.63) is 35.9 Å². The van der Waals surface area contributed by atoms with Gasteiger partial charge < -0.3 is 20.3 Å². The maximum atomic E-state index is 12.8. The predicted molar refractivity (Wildman–Crippen MR) is 88.0 cm³/mol. The summed E-state index contributed by atoms with van der Waals surface area (Å²) in [6.07, 6.45) is 0.124. The van der Waals surface area contributed by atoms with Gasteiger partial charge in [0.1, 0.15) is 6.04 Å². The molecule has 0 spiro atoms. The topological polar surface area (TPSA) is 87.7 Å². The minimum atomic E-state index is -0.728. The first-order chi connectivity index (χ1) is 11.6. The highest BCUT2D eigenvalue weighted by Crippen LogP contribution is 2.17. The molecule has 7 heteroatoms. The highest BCUT2D eigenvalue weighted by Gasteiger charge is 2.28. The summed E-state index contributed by atoms with van der Waals surface area (Å²) >= 11 is 0. The summed E-state index contributed by atoms with van der Waals surface area (Å²) < 4.78 is 5.27. The van der Waals surface area contributed by atoms with E-state index in [1.165, 1.54) is 6.92 Å². The normalized spacial score (nSPS) is 15.5. The molecule has 1 aliphatic heterocycles. The van der Waals surface area contributed by atoms with Crippen molar-refractivity contribution in [1.82, 2.24) is 15.5 Å². The molecule has 1 heterocycles. The number of nitrogens with one attached hydrogen (secondary N) is 2. The molecule has 1 aromatic rings. The van der Waals surface area contributed by atoms with Crippen molar-refractivity contribution in [2.75, 3.05) is 32.8 Å². The van der Waals surface area contributed by atoms with Crippen molar-refractivity contribution in [2.45, 2.75) is 19.4 Å². The van der Waals surface area contributed by atoms with Crippen LogP contribution in [0.4, 0.5) is 0 Å². The third-order valence-corrected chi connectivity index (χ3v) is 3.73. The Morgan fingerprint density at radius 3 is 2.46 bits per heavy atom. The molecule has 2 N–H and O–H groups in total. The van der Waals surface area contributed by atoms with Gasteiger partial charge in [-0.05, 0) is 5.56 Å². The highest BCUT2D eigenvalue weighted by molar-refractivity contribution is 5.89. The van der Waals surface area contributed by atoms with Crippen LogP contribution in [0.3, 0.4) is 0 Å². The van der Waals surface area contributed by atoms with E-state index in [-0.39, 0.29) is 30.7 Å². The second-order valence-electron chi connectivity index (χ2n) is 5.58. The number of nitrogens with zero attached hydrogens (tertiary/aromatic N) is 1. The molecule has 1 fully saturated rings. The Kier molecular flexibility index (Phi) is 6.74. The Bertz CT molecular complexity index is 570. The largest absolute Gasteiger partial charge is 0.378 e. The van der Waals surface area contributed by atoms with E-state index in [1.54, 1.807) is 4.90 Å². The Hall–Kier alpha value is -2.41. The molecule has 0 aromatic heterocycles. The van der Waals surface area contributed by atoms with Gasteiger partial charge in [-0.2, -0.15) is 0 Å². The summed E-state index contributed by atoms with van der Waals surface area (Å²) in [4.78, 5) is 37.5. The summed E-state index contributed by atoms with van der Waals surface area (Å²) in [5.74, 6) is -0.608. The number of carbonyl (C=O) groups is 3. The number of ether oxygens (including phenoxy) is 1. The number of carbonyl (C=O) groups excluding carboxylic acids is 3. The smallest absolute Gasteiger partial charge is 0.249 e. The maximum Gasteiger partial charge on any atom is 0.249 e. The van der Waals surface area contributed by atoms with Crippen molar-refractivity contribution in [2.24, 2.45) is 0 Å². The molecule has 1 unspecified atom stereocenters. The van der Waals surface area contributed by atoms with Crippen LogP contribution in [0.2, 0.25) is 0 Å². The molecule has 7 nitrogen and oxygen atoms in total. The third-order valence-electron chi connectivity index (χ3n) is 3.73. The van der Waals surface area contributed by atoms with Gasteiger partial charge in [-0.25, -0.2) is 0 Å². The predicted octanol–water partition coefficient (Wildman–Crippen LogP) is 0.229. The van der Waals surface area contributed by atoms with E-state index >= 15 is 0 Å². The molecule has 2 rings (SSSR count). The molecule has 1 atom stereocenters. The summed E-state index contributed by atoms with van der Waals surface area (Å²) in [5.41, 5.74) is 0.738. The van der Waals surface area contributed by atoms with Gasteiger partial charge in [0.05, 0.1) is 13.2 Å². The average molecular weight is 333 g/mol. The first-order valence-electron chi connectivity index (χ1n) is 8.03. The molecule has 1 saturated heterocycles. The number of amides is 3. The van der Waals surface area contributed by atoms with Gasteiger partial charge in [0.15, 0.2) is 0 Å². The van der Waals surface area contributed by atoms with Gasteiger partial charge in [0, 0.05) is 33.0 Å². The molecule has 130 valence electrons. The fourth-order valence-corrected chi connectivity index (χ4v) is 2.48. The molecule has 0 radical (unpaired) electrons. The van der Waals surface area contributed by atoms with Gasteiger partial charge in [0.25, 0.3) is 0 Å². The SMILES string of the molecule is CC(=O)NCCC(=O)NC(C(=O)N1CCOCC1)c1ccccc1. The van der Waals surface area contributed by atoms with E-state index in [1.807, 2.05) is 30.3 Å². The quantitative estimate of drug-likeness (QED) is 0.780. The molecule has 3 amide bonds. The van der Waals surface area contributed by atoms with E-state index in [9.17, 15) is 14.4 Å². The van der Waals surface area contributed by atoms with Crippen LogP contribution in [0.1, 0.15) is 24.9 Å². The zero-order valence-electron chi connectivity index (χ0n) is 13.8. The number of rotatable bonds is 6. The number of benzene rings is 1. The second-order valence-corrected chi connectivity index (χ2v) is 5.58. The average Bonchev–Trinajstić information content (AvgIpc) is 2.60. The lowest BCUT2D eigenvalue weighted by Crippen LogP contribution is -2.47. The van der Waals surface area contributed by atoms with Crippen LogP contribution in [-0.4, -0.2) is 55.5 Å². The van der Waals surface area contributed by atoms with Crippen LogP contribution in [0, 0.1) is 0 Å². The molecule has 1 aromatic carbocycles. The fourth-order valence-electron chi connectivity index (χ4n) is 2.48. The van der Waals surface area contributed by atoms with Crippen LogP contribution in [0.25, 0.3) is 0 Å².